The van der Waals surface area contributed by atoms with E-state index in [9.17, 15) is 9.18 Å². The quantitative estimate of drug-likeness (QED) is 0.694. The van der Waals surface area contributed by atoms with Crippen LogP contribution in [0.5, 0.6) is 0 Å². The van der Waals surface area contributed by atoms with Gasteiger partial charge in [-0.3, -0.25) is 0 Å². The summed E-state index contributed by atoms with van der Waals surface area (Å²) in [5, 5.41) is 0. The second kappa shape index (κ2) is 6.06. The summed E-state index contributed by atoms with van der Waals surface area (Å²) >= 11 is 0. The van der Waals surface area contributed by atoms with Crippen LogP contribution < -0.4 is 0 Å². The minimum absolute atomic E-state index is 0.0694. The van der Waals surface area contributed by atoms with Gasteiger partial charge in [-0.1, -0.05) is 20.8 Å². The van der Waals surface area contributed by atoms with E-state index in [1.807, 2.05) is 20.8 Å². The van der Waals surface area contributed by atoms with E-state index in [0.29, 0.717) is 6.54 Å². The second-order valence-electron chi connectivity index (χ2n) is 4.31. The van der Waals surface area contributed by atoms with Gasteiger partial charge in [-0.25, -0.2) is 9.18 Å². The molecule has 4 heteroatoms. The first-order valence-electron chi connectivity index (χ1n) is 6.26. The van der Waals surface area contributed by atoms with Gasteiger partial charge in [0.25, 0.3) is 0 Å². The van der Waals surface area contributed by atoms with Gasteiger partial charge < -0.3 is 9.64 Å². The average molecular weight is 231 g/mol. The molecule has 1 aliphatic heterocycles. The van der Waals surface area contributed by atoms with E-state index in [2.05, 4.69) is 0 Å². The first-order chi connectivity index (χ1) is 7.66. The lowest BCUT2D eigenvalue weighted by Gasteiger charge is -2.32. The van der Waals surface area contributed by atoms with Gasteiger partial charge in [0.2, 0.25) is 0 Å². The van der Waals surface area contributed by atoms with E-state index in [-0.39, 0.29) is 24.7 Å². The lowest BCUT2D eigenvalue weighted by atomic mass is 9.98. The Morgan fingerprint density at radius 3 is 2.44 bits per heavy atom. The molecule has 1 saturated carbocycles. The van der Waals surface area contributed by atoms with Gasteiger partial charge >= 0.3 is 6.09 Å². The molecular weight excluding hydrogens is 209 g/mol. The summed E-state index contributed by atoms with van der Waals surface area (Å²) in [6.45, 7) is 6.72. The molecular formula is C12H22FNO2. The molecule has 0 radical (unpaired) electrons. The van der Waals surface area contributed by atoms with Crippen LogP contribution in [0.4, 0.5) is 9.18 Å². The van der Waals surface area contributed by atoms with Crippen molar-refractivity contribution in [2.45, 2.75) is 52.3 Å². The highest BCUT2D eigenvalue weighted by atomic mass is 19.1. The molecule has 1 amide bonds. The molecule has 0 aromatic heterocycles. The minimum Gasteiger partial charge on any atom is -0.446 e. The van der Waals surface area contributed by atoms with Gasteiger partial charge in [0, 0.05) is 6.54 Å². The summed E-state index contributed by atoms with van der Waals surface area (Å²) in [6.07, 6.45) is 1.56. The number of likely N-dealkylation sites (tertiary alicyclic amines) is 1. The van der Waals surface area contributed by atoms with Gasteiger partial charge in [-0.2, -0.15) is 0 Å². The molecule has 1 heterocycles. The Balaban J connectivity index is 0.000000606. The normalized spacial score (nSPS) is 29.1. The lowest BCUT2D eigenvalue weighted by Crippen LogP contribution is -2.44. The molecule has 0 bridgehead atoms. The number of halogens is 1. The van der Waals surface area contributed by atoms with Crippen LogP contribution >= 0.6 is 0 Å². The molecule has 2 aliphatic rings. The Kier molecular flexibility index (Phi) is 5.03. The molecule has 1 aliphatic carbocycles. The highest BCUT2D eigenvalue weighted by Crippen LogP contribution is 2.26. The van der Waals surface area contributed by atoms with Crippen molar-refractivity contribution in [2.24, 2.45) is 5.92 Å². The van der Waals surface area contributed by atoms with E-state index in [0.717, 1.165) is 19.3 Å². The van der Waals surface area contributed by atoms with Crippen LogP contribution in [0, 0.1) is 5.92 Å². The smallest absolute Gasteiger partial charge is 0.410 e. The number of amides is 1. The summed E-state index contributed by atoms with van der Waals surface area (Å²) in [6, 6.07) is 0. The molecule has 16 heavy (non-hydrogen) atoms. The van der Waals surface area contributed by atoms with Gasteiger partial charge in [0.05, 0.1) is 6.54 Å². The van der Waals surface area contributed by atoms with E-state index in [4.69, 9.17) is 4.74 Å². The molecule has 94 valence electrons. The molecule has 0 aromatic carbocycles. The number of rotatable bonds is 1. The SMILES string of the molecule is CC.CC1CCN(C(=O)OC2CC2)CC1F. The van der Waals surface area contributed by atoms with Crippen molar-refractivity contribution in [3.63, 3.8) is 0 Å². The van der Waals surface area contributed by atoms with Crippen molar-refractivity contribution in [2.75, 3.05) is 13.1 Å². The maximum absolute atomic E-state index is 13.3. The van der Waals surface area contributed by atoms with Gasteiger partial charge in [-0.05, 0) is 25.2 Å². The van der Waals surface area contributed by atoms with Crippen molar-refractivity contribution in [1.29, 1.82) is 0 Å². The van der Waals surface area contributed by atoms with Crippen LogP contribution in [-0.2, 0) is 4.74 Å². The minimum atomic E-state index is -0.893. The van der Waals surface area contributed by atoms with Crippen molar-refractivity contribution in [1.82, 2.24) is 4.90 Å². The summed E-state index contributed by atoms with van der Waals surface area (Å²) in [7, 11) is 0. The number of alkyl halides is 1. The van der Waals surface area contributed by atoms with Crippen LogP contribution in [-0.4, -0.2) is 36.4 Å². The molecule has 2 unspecified atom stereocenters. The van der Waals surface area contributed by atoms with E-state index in [1.54, 1.807) is 0 Å². The molecule has 1 saturated heterocycles. The zero-order valence-corrected chi connectivity index (χ0v) is 10.4. The Morgan fingerprint density at radius 1 is 1.31 bits per heavy atom. The van der Waals surface area contributed by atoms with Gasteiger partial charge in [-0.15, -0.1) is 0 Å². The van der Waals surface area contributed by atoms with Crippen molar-refractivity contribution in [3.05, 3.63) is 0 Å². The number of piperidine rings is 1. The zero-order chi connectivity index (χ0) is 12.1. The topological polar surface area (TPSA) is 29.5 Å². The largest absolute Gasteiger partial charge is 0.446 e. The number of hydrogen-bond acceptors (Lipinski definition) is 2. The van der Waals surface area contributed by atoms with Crippen LogP contribution in [0.2, 0.25) is 0 Å². The van der Waals surface area contributed by atoms with Crippen LogP contribution in [0.15, 0.2) is 0 Å². The number of hydrogen-bond donors (Lipinski definition) is 0. The maximum atomic E-state index is 13.3. The number of nitrogens with zero attached hydrogens (tertiary/aromatic N) is 1. The summed E-state index contributed by atoms with van der Waals surface area (Å²) in [5.41, 5.74) is 0. The highest BCUT2D eigenvalue weighted by molar-refractivity contribution is 5.68. The van der Waals surface area contributed by atoms with Crippen molar-refractivity contribution in [3.8, 4) is 0 Å². The predicted octanol–water partition coefficient (Wildman–Crippen LogP) is 2.99. The third kappa shape index (κ3) is 3.65. The van der Waals surface area contributed by atoms with E-state index in [1.165, 1.54) is 4.90 Å². The monoisotopic (exact) mass is 231 g/mol. The van der Waals surface area contributed by atoms with Crippen LogP contribution in [0.3, 0.4) is 0 Å². The first-order valence-corrected chi connectivity index (χ1v) is 6.26. The first kappa shape index (κ1) is 13.3. The zero-order valence-electron chi connectivity index (χ0n) is 10.4. The fourth-order valence-corrected chi connectivity index (χ4v) is 1.59. The van der Waals surface area contributed by atoms with E-state index < -0.39 is 6.17 Å². The van der Waals surface area contributed by atoms with Crippen molar-refractivity contribution >= 4 is 6.09 Å². The fourth-order valence-electron chi connectivity index (χ4n) is 1.59. The Morgan fingerprint density at radius 2 is 1.94 bits per heavy atom. The maximum Gasteiger partial charge on any atom is 0.410 e. The molecule has 3 nitrogen and oxygen atoms in total. The highest BCUT2D eigenvalue weighted by Gasteiger charge is 2.33. The molecule has 2 fully saturated rings. The molecule has 2 rings (SSSR count). The molecule has 0 N–H and O–H groups in total. The Labute approximate surface area is 96.9 Å². The molecule has 0 spiro atoms. The predicted molar refractivity (Wildman–Crippen MR) is 61.1 cm³/mol. The number of carbonyl (C=O) groups is 1. The number of carbonyl (C=O) groups excluding carboxylic acids is 1. The third-order valence-corrected chi connectivity index (χ3v) is 2.92. The Bertz CT molecular complexity index is 231. The average Bonchev–Trinajstić information content (AvgIpc) is 3.09. The summed E-state index contributed by atoms with van der Waals surface area (Å²) < 4.78 is 18.4. The fraction of sp³-hybridized carbons (Fsp3) is 0.917. The lowest BCUT2D eigenvalue weighted by molar-refractivity contribution is 0.0555. The van der Waals surface area contributed by atoms with Crippen LogP contribution in [0.25, 0.3) is 0 Å². The van der Waals surface area contributed by atoms with Gasteiger partial charge in [0.1, 0.15) is 12.3 Å². The molecule has 0 aromatic rings. The second-order valence-corrected chi connectivity index (χ2v) is 4.31. The number of ether oxygens (including phenoxy) is 1. The standard InChI is InChI=1S/C10H16FNO2.C2H6/c1-7-4-5-12(6-9(7)11)10(13)14-8-2-3-8;1-2/h7-9H,2-6H2,1H3;1-2H3. The van der Waals surface area contributed by atoms with E-state index >= 15 is 0 Å². The molecule has 2 atom stereocenters. The third-order valence-electron chi connectivity index (χ3n) is 2.92. The van der Waals surface area contributed by atoms with Crippen molar-refractivity contribution < 1.29 is 13.9 Å². The van der Waals surface area contributed by atoms with Crippen LogP contribution in [0.1, 0.15) is 40.0 Å². The summed E-state index contributed by atoms with van der Waals surface area (Å²) in [5.74, 6) is 0.0694. The Hall–Kier alpha value is -0.800. The van der Waals surface area contributed by atoms with Gasteiger partial charge in [0.15, 0.2) is 0 Å². The summed E-state index contributed by atoms with van der Waals surface area (Å²) in [4.78, 5) is 12.9.